The molecule has 2 atom stereocenters. The average Bonchev–Trinajstić information content (AvgIpc) is 1.98. The van der Waals surface area contributed by atoms with E-state index in [1.165, 1.54) is 6.92 Å². The fourth-order valence-electron chi connectivity index (χ4n) is 0.455. The first-order valence-corrected chi connectivity index (χ1v) is 3.44. The molecule has 0 fully saturated rings. The number of amides is 1. The van der Waals surface area contributed by atoms with Gasteiger partial charge in [0.05, 0.1) is 6.04 Å². The number of nitrogens with two attached hydrogens (primary N) is 1. The van der Waals surface area contributed by atoms with E-state index in [-0.39, 0.29) is 0 Å². The summed E-state index contributed by atoms with van der Waals surface area (Å²) in [6.45, 7) is 0.947. The zero-order valence-corrected chi connectivity index (χ0v) is 6.63. The van der Waals surface area contributed by atoms with Gasteiger partial charge in [0.25, 0.3) is 6.43 Å². The Morgan fingerprint density at radius 3 is 2.50 bits per heavy atom. The van der Waals surface area contributed by atoms with Crippen LogP contribution in [-0.2, 0) is 4.79 Å². The Bertz CT molecular complexity index is 152. The number of rotatable bonds is 4. The second kappa shape index (κ2) is 5.00. The first-order chi connectivity index (χ1) is 5.45. The lowest BCUT2D eigenvalue weighted by atomic mass is 10.3. The van der Waals surface area contributed by atoms with E-state index < -0.39 is 31.0 Å². The SMILES string of the molecule is C[C@@H](N)C(=O)NCC(O)C(F)F. The molecule has 0 saturated heterocycles. The van der Waals surface area contributed by atoms with Crippen molar-refractivity contribution in [2.24, 2.45) is 5.73 Å². The van der Waals surface area contributed by atoms with Crippen LogP contribution in [0.25, 0.3) is 0 Å². The molecule has 72 valence electrons. The van der Waals surface area contributed by atoms with Crippen molar-refractivity contribution in [3.05, 3.63) is 0 Å². The molecule has 0 saturated carbocycles. The Labute approximate surface area is 68.7 Å². The molecular weight excluding hydrogens is 170 g/mol. The van der Waals surface area contributed by atoms with Crippen molar-refractivity contribution < 1.29 is 18.7 Å². The number of halogens is 2. The molecular formula is C6H12F2N2O2. The van der Waals surface area contributed by atoms with Crippen LogP contribution < -0.4 is 11.1 Å². The summed E-state index contributed by atoms with van der Waals surface area (Å²) in [6, 6.07) is -0.755. The molecule has 0 bridgehead atoms. The number of aliphatic hydroxyl groups is 1. The van der Waals surface area contributed by atoms with Gasteiger partial charge in [-0.1, -0.05) is 0 Å². The summed E-state index contributed by atoms with van der Waals surface area (Å²) in [7, 11) is 0. The highest BCUT2D eigenvalue weighted by molar-refractivity contribution is 5.80. The average molecular weight is 182 g/mol. The van der Waals surface area contributed by atoms with Gasteiger partial charge in [0.15, 0.2) is 0 Å². The quantitative estimate of drug-likeness (QED) is 0.526. The lowest BCUT2D eigenvalue weighted by Crippen LogP contribution is -2.43. The van der Waals surface area contributed by atoms with E-state index in [9.17, 15) is 13.6 Å². The number of hydrogen-bond acceptors (Lipinski definition) is 3. The van der Waals surface area contributed by atoms with Gasteiger partial charge in [-0.3, -0.25) is 4.79 Å². The summed E-state index contributed by atoms with van der Waals surface area (Å²) in [5, 5.41) is 10.6. The van der Waals surface area contributed by atoms with Gasteiger partial charge in [-0.25, -0.2) is 8.78 Å². The Morgan fingerprint density at radius 2 is 2.17 bits per heavy atom. The van der Waals surface area contributed by atoms with E-state index in [0.29, 0.717) is 0 Å². The molecule has 0 radical (unpaired) electrons. The summed E-state index contributed by atoms with van der Waals surface area (Å²) in [5.41, 5.74) is 5.12. The van der Waals surface area contributed by atoms with E-state index in [0.717, 1.165) is 0 Å². The standard InChI is InChI=1S/C6H12F2N2O2/c1-3(9)6(12)10-2-4(11)5(7)8/h3-5,11H,2,9H2,1H3,(H,10,12)/t3-,4?/m1/s1. The third-order valence-corrected chi connectivity index (χ3v) is 1.19. The van der Waals surface area contributed by atoms with E-state index >= 15 is 0 Å². The molecule has 0 rings (SSSR count). The van der Waals surface area contributed by atoms with Crippen molar-refractivity contribution in [2.75, 3.05) is 6.54 Å². The highest BCUT2D eigenvalue weighted by Gasteiger charge is 2.18. The van der Waals surface area contributed by atoms with E-state index in [4.69, 9.17) is 10.8 Å². The van der Waals surface area contributed by atoms with Crippen molar-refractivity contribution in [1.29, 1.82) is 0 Å². The molecule has 1 unspecified atom stereocenters. The Kier molecular flexibility index (Phi) is 4.68. The summed E-state index contributed by atoms with van der Waals surface area (Å²) in [4.78, 5) is 10.7. The molecule has 0 aliphatic carbocycles. The van der Waals surface area contributed by atoms with Crippen LogP contribution in [0.5, 0.6) is 0 Å². The van der Waals surface area contributed by atoms with Gasteiger partial charge in [-0.2, -0.15) is 0 Å². The third-order valence-electron chi connectivity index (χ3n) is 1.19. The number of aliphatic hydroxyl groups excluding tert-OH is 1. The molecule has 0 aliphatic heterocycles. The van der Waals surface area contributed by atoms with E-state index in [1.54, 1.807) is 0 Å². The Morgan fingerprint density at radius 1 is 1.67 bits per heavy atom. The minimum Gasteiger partial charge on any atom is -0.385 e. The zero-order chi connectivity index (χ0) is 9.72. The first kappa shape index (κ1) is 11.2. The van der Waals surface area contributed by atoms with Crippen LogP contribution in [0.1, 0.15) is 6.92 Å². The Balaban J connectivity index is 3.61. The van der Waals surface area contributed by atoms with Crippen LogP contribution in [0.2, 0.25) is 0 Å². The molecule has 4 nitrogen and oxygen atoms in total. The molecule has 0 heterocycles. The van der Waals surface area contributed by atoms with Crippen LogP contribution in [0, 0.1) is 0 Å². The summed E-state index contributed by atoms with van der Waals surface area (Å²) < 4.78 is 23.3. The number of nitrogens with one attached hydrogen (secondary N) is 1. The number of carbonyl (C=O) groups is 1. The molecule has 6 heteroatoms. The largest absolute Gasteiger partial charge is 0.385 e. The normalized spacial score (nSPS) is 15.8. The second-order valence-corrected chi connectivity index (χ2v) is 2.44. The van der Waals surface area contributed by atoms with Crippen molar-refractivity contribution in [3.8, 4) is 0 Å². The molecule has 0 aliphatic rings. The van der Waals surface area contributed by atoms with Gasteiger partial charge >= 0.3 is 0 Å². The van der Waals surface area contributed by atoms with Gasteiger partial charge in [-0.15, -0.1) is 0 Å². The fraction of sp³-hybridized carbons (Fsp3) is 0.833. The first-order valence-electron chi connectivity index (χ1n) is 3.44. The zero-order valence-electron chi connectivity index (χ0n) is 6.63. The van der Waals surface area contributed by atoms with Crippen LogP contribution in [0.15, 0.2) is 0 Å². The topological polar surface area (TPSA) is 75.4 Å². The highest BCUT2D eigenvalue weighted by Crippen LogP contribution is 1.98. The van der Waals surface area contributed by atoms with Crippen LogP contribution >= 0.6 is 0 Å². The molecule has 0 aromatic rings. The van der Waals surface area contributed by atoms with Crippen LogP contribution in [-0.4, -0.2) is 36.1 Å². The molecule has 4 N–H and O–H groups in total. The maximum absolute atomic E-state index is 11.6. The lowest BCUT2D eigenvalue weighted by molar-refractivity contribution is -0.123. The van der Waals surface area contributed by atoms with Gasteiger partial charge in [0, 0.05) is 6.54 Å². The molecule has 0 spiro atoms. The van der Waals surface area contributed by atoms with Crippen LogP contribution in [0.3, 0.4) is 0 Å². The predicted octanol–water partition coefficient (Wildman–Crippen LogP) is -0.924. The number of alkyl halides is 2. The minimum atomic E-state index is -2.85. The molecule has 12 heavy (non-hydrogen) atoms. The van der Waals surface area contributed by atoms with Crippen LogP contribution in [0.4, 0.5) is 8.78 Å². The summed E-state index contributed by atoms with van der Waals surface area (Å²) >= 11 is 0. The monoisotopic (exact) mass is 182 g/mol. The molecule has 0 aromatic carbocycles. The van der Waals surface area contributed by atoms with Crippen molar-refractivity contribution in [1.82, 2.24) is 5.32 Å². The van der Waals surface area contributed by atoms with Crippen molar-refractivity contribution in [3.63, 3.8) is 0 Å². The summed E-state index contributed by atoms with van der Waals surface area (Å²) in [5.74, 6) is -0.560. The minimum absolute atomic E-state index is 0.474. The predicted molar refractivity (Wildman–Crippen MR) is 38.7 cm³/mol. The molecule has 0 aromatic heterocycles. The number of hydrogen-bond donors (Lipinski definition) is 3. The van der Waals surface area contributed by atoms with Crippen molar-refractivity contribution in [2.45, 2.75) is 25.5 Å². The second-order valence-electron chi connectivity index (χ2n) is 2.44. The van der Waals surface area contributed by atoms with Gasteiger partial charge in [0.1, 0.15) is 6.10 Å². The van der Waals surface area contributed by atoms with Crippen molar-refractivity contribution >= 4 is 5.91 Å². The maximum atomic E-state index is 11.6. The third kappa shape index (κ3) is 4.20. The number of carbonyl (C=O) groups excluding carboxylic acids is 1. The maximum Gasteiger partial charge on any atom is 0.265 e. The smallest absolute Gasteiger partial charge is 0.265 e. The van der Waals surface area contributed by atoms with Gasteiger partial charge < -0.3 is 16.2 Å². The molecule has 1 amide bonds. The summed E-state index contributed by atoms with van der Waals surface area (Å²) in [6.07, 6.45) is -4.67. The highest BCUT2D eigenvalue weighted by atomic mass is 19.3. The van der Waals surface area contributed by atoms with Gasteiger partial charge in [-0.05, 0) is 6.92 Å². The Hall–Kier alpha value is -0.750. The fourth-order valence-corrected chi connectivity index (χ4v) is 0.455. The van der Waals surface area contributed by atoms with E-state index in [1.807, 2.05) is 0 Å². The van der Waals surface area contributed by atoms with E-state index in [2.05, 4.69) is 5.32 Å². The lowest BCUT2D eigenvalue weighted by Gasteiger charge is -2.11. The van der Waals surface area contributed by atoms with Gasteiger partial charge in [0.2, 0.25) is 5.91 Å².